The molecule has 5 atom stereocenters. The molecule has 5 heteroatoms. The number of fused-ring (bicyclic) bond motifs is 5. The number of alkyl carbamates (subject to hydrolysis) is 1. The van der Waals surface area contributed by atoms with Crippen LogP contribution < -0.4 is 15.7 Å². The van der Waals surface area contributed by atoms with E-state index in [0.717, 1.165) is 12.8 Å². The predicted molar refractivity (Wildman–Crippen MR) is 116 cm³/mol. The first-order valence-corrected chi connectivity index (χ1v) is 12.6. The average Bonchev–Trinajstić information content (AvgIpc) is 3.37. The molecule has 0 aromatic heterocycles. The van der Waals surface area contributed by atoms with Gasteiger partial charge >= 0.3 is 6.09 Å². The Hall–Kier alpha value is -2.11. The zero-order chi connectivity index (χ0) is 20.2. The molecule has 1 aliphatic heterocycles. The van der Waals surface area contributed by atoms with E-state index in [0.29, 0.717) is 11.8 Å². The van der Waals surface area contributed by atoms with E-state index in [9.17, 15) is 4.79 Å². The topological polar surface area (TPSA) is 47.6 Å². The molecule has 2 aliphatic carbocycles. The largest absolute Gasteiger partial charge is 0.444 e. The predicted octanol–water partition coefficient (Wildman–Crippen LogP) is 3.45. The second-order valence-electron chi connectivity index (χ2n) is 9.75. The fourth-order valence-corrected chi connectivity index (χ4v) is 10.7. The van der Waals surface area contributed by atoms with Gasteiger partial charge in [-0.3, -0.25) is 0 Å². The molecule has 152 valence electrons. The van der Waals surface area contributed by atoms with E-state index in [1.165, 1.54) is 10.4 Å². The molecule has 1 N–H and O–H groups in total. The molecule has 0 spiro atoms. The van der Waals surface area contributed by atoms with Gasteiger partial charge in [0.25, 0.3) is 8.32 Å². The molecule has 2 aromatic carbocycles. The lowest BCUT2D eigenvalue weighted by atomic mass is 9.91. The fraction of sp³-hybridized carbons (Fsp3) is 0.458. The van der Waals surface area contributed by atoms with E-state index in [4.69, 9.17) is 9.16 Å². The van der Waals surface area contributed by atoms with Crippen molar-refractivity contribution in [1.82, 2.24) is 5.32 Å². The van der Waals surface area contributed by atoms with Gasteiger partial charge in [0, 0.05) is 11.8 Å². The SMILES string of the molecule is CC(C)(C)[Si](O[C@H]1C[C@@H]2C[C@H]1[C@@H]1NC(=O)O[C@H]21)(c1ccccc1)c1ccccc1. The molecule has 0 radical (unpaired) electrons. The highest BCUT2D eigenvalue weighted by Gasteiger charge is 2.61. The van der Waals surface area contributed by atoms with Gasteiger partial charge in [-0.2, -0.15) is 0 Å². The van der Waals surface area contributed by atoms with E-state index in [-0.39, 0.29) is 29.4 Å². The van der Waals surface area contributed by atoms with Gasteiger partial charge in [-0.1, -0.05) is 81.4 Å². The number of benzene rings is 2. The first-order chi connectivity index (χ1) is 13.9. The monoisotopic (exact) mass is 407 g/mol. The molecule has 3 fully saturated rings. The van der Waals surface area contributed by atoms with Crippen molar-refractivity contribution < 1.29 is 14.0 Å². The normalized spacial score (nSPS) is 30.7. The van der Waals surface area contributed by atoms with E-state index in [2.05, 4.69) is 86.8 Å². The summed E-state index contributed by atoms with van der Waals surface area (Å²) in [6.07, 6.45) is 1.98. The zero-order valence-corrected chi connectivity index (χ0v) is 18.3. The van der Waals surface area contributed by atoms with Crippen molar-refractivity contribution in [1.29, 1.82) is 0 Å². The van der Waals surface area contributed by atoms with Gasteiger partial charge in [-0.15, -0.1) is 0 Å². The number of amides is 1. The van der Waals surface area contributed by atoms with Crippen LogP contribution in [0.25, 0.3) is 0 Å². The van der Waals surface area contributed by atoms with Gasteiger partial charge in [0.05, 0.1) is 12.1 Å². The summed E-state index contributed by atoms with van der Waals surface area (Å²) in [4.78, 5) is 11.8. The second kappa shape index (κ2) is 6.71. The number of hydrogen-bond donors (Lipinski definition) is 1. The van der Waals surface area contributed by atoms with Crippen LogP contribution in [0.15, 0.2) is 60.7 Å². The fourth-order valence-electron chi connectivity index (χ4n) is 5.96. The Labute approximate surface area is 173 Å². The summed E-state index contributed by atoms with van der Waals surface area (Å²) in [6.45, 7) is 6.95. The van der Waals surface area contributed by atoms with Gasteiger partial charge in [0.15, 0.2) is 0 Å². The molecule has 3 aliphatic rings. The van der Waals surface area contributed by atoms with E-state index >= 15 is 0 Å². The highest BCUT2D eigenvalue weighted by molar-refractivity contribution is 6.99. The summed E-state index contributed by atoms with van der Waals surface area (Å²) in [5.41, 5.74) is 0. The van der Waals surface area contributed by atoms with Crippen LogP contribution in [0.1, 0.15) is 33.6 Å². The van der Waals surface area contributed by atoms with Crippen LogP contribution >= 0.6 is 0 Å². The van der Waals surface area contributed by atoms with Crippen molar-refractivity contribution >= 4 is 24.8 Å². The lowest BCUT2D eigenvalue weighted by Gasteiger charge is -2.46. The molecular formula is C24H29NO3Si. The van der Waals surface area contributed by atoms with Crippen LogP contribution in [0.3, 0.4) is 0 Å². The highest BCUT2D eigenvalue weighted by Crippen LogP contribution is 2.51. The van der Waals surface area contributed by atoms with Crippen LogP contribution in [0.4, 0.5) is 4.79 Å². The van der Waals surface area contributed by atoms with E-state index < -0.39 is 8.32 Å². The summed E-state index contributed by atoms with van der Waals surface area (Å²) in [5.74, 6) is 0.741. The van der Waals surface area contributed by atoms with Crippen molar-refractivity contribution in [2.45, 2.75) is 56.9 Å². The number of nitrogens with one attached hydrogen (secondary N) is 1. The molecule has 2 saturated carbocycles. The Balaban J connectivity index is 1.58. The van der Waals surface area contributed by atoms with Crippen molar-refractivity contribution in [3.05, 3.63) is 60.7 Å². The number of hydrogen-bond acceptors (Lipinski definition) is 3. The summed E-state index contributed by atoms with van der Waals surface area (Å²) < 4.78 is 12.9. The third-order valence-corrected chi connectivity index (χ3v) is 12.2. The van der Waals surface area contributed by atoms with Crippen molar-refractivity contribution in [3.63, 3.8) is 0 Å². The van der Waals surface area contributed by atoms with E-state index in [1.54, 1.807) is 0 Å². The summed E-state index contributed by atoms with van der Waals surface area (Å²) in [6, 6.07) is 21.7. The Morgan fingerprint density at radius 3 is 2.10 bits per heavy atom. The average molecular weight is 408 g/mol. The number of rotatable bonds is 4. The summed E-state index contributed by atoms with van der Waals surface area (Å²) >= 11 is 0. The number of carbonyl (C=O) groups excluding carboxylic acids is 1. The molecule has 5 rings (SSSR count). The highest BCUT2D eigenvalue weighted by atomic mass is 28.4. The minimum Gasteiger partial charge on any atom is -0.444 e. The number of carbonyl (C=O) groups is 1. The lowest BCUT2D eigenvalue weighted by Crippen LogP contribution is -2.68. The Morgan fingerprint density at radius 2 is 1.55 bits per heavy atom. The van der Waals surface area contributed by atoms with Gasteiger partial charge < -0.3 is 14.5 Å². The molecule has 29 heavy (non-hydrogen) atoms. The molecule has 4 nitrogen and oxygen atoms in total. The number of ether oxygens (including phenoxy) is 1. The lowest BCUT2D eigenvalue weighted by molar-refractivity contribution is 0.0536. The molecule has 2 bridgehead atoms. The third-order valence-electron chi connectivity index (χ3n) is 7.14. The standard InChI is InChI=1S/C24H29NO3Si/c1-24(2,3)29(17-10-6-4-7-11-17,18-12-8-5-9-13-18)28-20-15-16-14-19(20)21-22(16)27-23(26)25-21/h4-13,16,19-22H,14-15H2,1-3H3,(H,25,26)/t16-,19+,20-,21-,22+/m0/s1. The maximum absolute atomic E-state index is 11.8. The van der Waals surface area contributed by atoms with E-state index in [1.807, 2.05) is 0 Å². The molecule has 1 saturated heterocycles. The second-order valence-corrected chi connectivity index (χ2v) is 14.0. The van der Waals surface area contributed by atoms with Gasteiger partial charge in [0.2, 0.25) is 0 Å². The summed E-state index contributed by atoms with van der Waals surface area (Å²) in [7, 11) is -2.57. The molecule has 0 unspecified atom stereocenters. The van der Waals surface area contributed by atoms with Crippen LogP contribution in [0, 0.1) is 11.8 Å². The minimum atomic E-state index is -2.57. The Morgan fingerprint density at radius 1 is 0.966 bits per heavy atom. The van der Waals surface area contributed by atoms with Gasteiger partial charge in [0.1, 0.15) is 6.10 Å². The van der Waals surface area contributed by atoms with Gasteiger partial charge in [-0.05, 0) is 28.3 Å². The van der Waals surface area contributed by atoms with Crippen molar-refractivity contribution in [2.75, 3.05) is 0 Å². The quantitative estimate of drug-likeness (QED) is 0.790. The zero-order valence-electron chi connectivity index (χ0n) is 17.3. The van der Waals surface area contributed by atoms with Crippen LogP contribution in [-0.4, -0.2) is 32.7 Å². The first-order valence-electron chi connectivity index (χ1n) is 10.7. The summed E-state index contributed by atoms with van der Waals surface area (Å²) in [5, 5.41) is 5.64. The first kappa shape index (κ1) is 18.9. The molecular weight excluding hydrogens is 378 g/mol. The van der Waals surface area contributed by atoms with Crippen LogP contribution in [0.2, 0.25) is 5.04 Å². The Bertz CT molecular complexity index is 856. The minimum absolute atomic E-state index is 0.0338. The molecule has 2 aromatic rings. The third kappa shape index (κ3) is 2.86. The Kier molecular flexibility index (Phi) is 4.37. The maximum atomic E-state index is 11.8. The molecule has 1 amide bonds. The van der Waals surface area contributed by atoms with Gasteiger partial charge in [-0.25, -0.2) is 4.79 Å². The molecule has 1 heterocycles. The van der Waals surface area contributed by atoms with Crippen LogP contribution in [-0.2, 0) is 9.16 Å². The van der Waals surface area contributed by atoms with Crippen LogP contribution in [0.5, 0.6) is 0 Å². The van der Waals surface area contributed by atoms with Crippen molar-refractivity contribution in [2.24, 2.45) is 11.8 Å². The smallest absolute Gasteiger partial charge is 0.407 e. The maximum Gasteiger partial charge on any atom is 0.407 e. The van der Waals surface area contributed by atoms with Crippen molar-refractivity contribution in [3.8, 4) is 0 Å².